The van der Waals surface area contributed by atoms with Crippen molar-refractivity contribution in [2.45, 2.75) is 0 Å². The molecule has 0 aliphatic heterocycles. The molecule has 0 spiro atoms. The predicted octanol–water partition coefficient (Wildman–Crippen LogP) is 13.7. The number of hydrogen-bond donors (Lipinski definition) is 0. The highest BCUT2D eigenvalue weighted by molar-refractivity contribution is 6.31. The summed E-state index contributed by atoms with van der Waals surface area (Å²) in [5.41, 5.74) is 14.1. The molecule has 1 aliphatic rings. The van der Waals surface area contributed by atoms with Gasteiger partial charge in [-0.2, -0.15) is 0 Å². The van der Waals surface area contributed by atoms with Gasteiger partial charge in [0, 0.05) is 38.3 Å². The Morgan fingerprint density at radius 3 is 1.89 bits per heavy atom. The Morgan fingerprint density at radius 2 is 1.00 bits per heavy atom. The van der Waals surface area contributed by atoms with E-state index in [1.165, 1.54) is 87.4 Å². The molecule has 0 amide bonds. The number of hydrogen-bond acceptors (Lipinski definition) is 1. The van der Waals surface area contributed by atoms with Gasteiger partial charge in [0.1, 0.15) is 11.2 Å². The summed E-state index contributed by atoms with van der Waals surface area (Å²) in [4.78, 5) is 0. The highest BCUT2D eigenvalue weighted by atomic mass is 16.3. The van der Waals surface area contributed by atoms with Gasteiger partial charge in [-0.05, 0) is 98.4 Å². The standard InChI is InChI=1S/C50H28N2O/c1-2-10-31-27-32(20-19-29(31)9-1)52-49-37(38-24-26-45-48(50(38)52)40-14-4-6-18-44(40)53-45)23-25-43-47(49)39-13-3-5-17-42(39)51(43)33-21-22-34-35-15-7-11-30-12-8-16-36(46(30)35)41(34)28-33/h1-28H. The third kappa shape index (κ3) is 3.49. The molecular weight excluding hydrogens is 645 g/mol. The molecule has 3 heterocycles. The van der Waals surface area contributed by atoms with Crippen LogP contribution in [0.4, 0.5) is 0 Å². The van der Waals surface area contributed by atoms with Crippen LogP contribution >= 0.6 is 0 Å². The van der Waals surface area contributed by atoms with Gasteiger partial charge in [-0.1, -0.05) is 115 Å². The van der Waals surface area contributed by atoms with Gasteiger partial charge in [-0.25, -0.2) is 0 Å². The second-order valence-corrected chi connectivity index (χ2v) is 14.4. The van der Waals surface area contributed by atoms with E-state index in [0.29, 0.717) is 0 Å². The summed E-state index contributed by atoms with van der Waals surface area (Å²) in [6.07, 6.45) is 0. The molecule has 0 saturated carbocycles. The number of aromatic nitrogens is 2. The minimum atomic E-state index is 0.899. The molecular formula is C50H28N2O. The van der Waals surface area contributed by atoms with Crippen LogP contribution in [0.5, 0.6) is 0 Å². The quantitative estimate of drug-likeness (QED) is 0.179. The van der Waals surface area contributed by atoms with E-state index < -0.39 is 0 Å². The Balaban J connectivity index is 1.19. The van der Waals surface area contributed by atoms with Crippen LogP contribution in [0, 0.1) is 0 Å². The molecule has 244 valence electrons. The Kier molecular flexibility index (Phi) is 5.11. The van der Waals surface area contributed by atoms with Crippen LogP contribution in [0.2, 0.25) is 0 Å². The van der Waals surface area contributed by atoms with E-state index in [-0.39, 0.29) is 0 Å². The maximum absolute atomic E-state index is 6.50. The van der Waals surface area contributed by atoms with Crippen LogP contribution < -0.4 is 0 Å². The molecule has 0 radical (unpaired) electrons. The minimum absolute atomic E-state index is 0.899. The average molecular weight is 673 g/mol. The molecule has 0 N–H and O–H groups in total. The maximum Gasteiger partial charge on any atom is 0.137 e. The van der Waals surface area contributed by atoms with Gasteiger partial charge in [-0.3, -0.25) is 0 Å². The van der Waals surface area contributed by atoms with Crippen molar-refractivity contribution in [3.05, 3.63) is 170 Å². The number of furan rings is 1. The summed E-state index contributed by atoms with van der Waals surface area (Å²) >= 11 is 0. The van der Waals surface area contributed by atoms with E-state index in [9.17, 15) is 0 Å². The van der Waals surface area contributed by atoms with Crippen molar-refractivity contribution in [3.63, 3.8) is 0 Å². The Bertz CT molecular complexity index is 3570. The molecule has 1 aliphatic carbocycles. The molecule has 0 atom stereocenters. The fraction of sp³-hybridized carbons (Fsp3) is 0. The summed E-state index contributed by atoms with van der Waals surface area (Å²) in [5, 5.41) is 12.3. The molecule has 0 unspecified atom stereocenters. The second-order valence-electron chi connectivity index (χ2n) is 14.4. The van der Waals surface area contributed by atoms with Crippen molar-refractivity contribution in [2.24, 2.45) is 0 Å². The second kappa shape index (κ2) is 9.81. The molecule has 13 rings (SSSR count). The molecule has 53 heavy (non-hydrogen) atoms. The summed E-state index contributed by atoms with van der Waals surface area (Å²) in [5.74, 6) is 0. The zero-order valence-corrected chi connectivity index (χ0v) is 28.5. The van der Waals surface area contributed by atoms with Crippen molar-refractivity contribution in [3.8, 4) is 33.6 Å². The highest BCUT2D eigenvalue weighted by Gasteiger charge is 2.26. The zero-order chi connectivity index (χ0) is 34.4. The Hall–Kier alpha value is -7.10. The van der Waals surface area contributed by atoms with Crippen LogP contribution in [-0.2, 0) is 0 Å². The van der Waals surface area contributed by atoms with Gasteiger partial charge < -0.3 is 13.6 Å². The number of rotatable bonds is 2. The van der Waals surface area contributed by atoms with Crippen LogP contribution in [0.1, 0.15) is 0 Å². The topological polar surface area (TPSA) is 23.0 Å². The highest BCUT2D eigenvalue weighted by Crippen LogP contribution is 2.49. The van der Waals surface area contributed by atoms with E-state index in [1.54, 1.807) is 0 Å². The first kappa shape index (κ1) is 27.6. The number of nitrogens with zero attached hydrogens (tertiary/aromatic N) is 2. The normalized spacial score (nSPS) is 12.5. The lowest BCUT2D eigenvalue weighted by molar-refractivity contribution is 0.669. The molecule has 0 saturated heterocycles. The van der Waals surface area contributed by atoms with Gasteiger partial charge in [0.15, 0.2) is 0 Å². The van der Waals surface area contributed by atoms with Crippen LogP contribution in [0.3, 0.4) is 0 Å². The molecule has 3 aromatic heterocycles. The fourth-order valence-electron chi connectivity index (χ4n) is 9.62. The lowest BCUT2D eigenvalue weighted by Gasteiger charge is -2.12. The molecule has 3 nitrogen and oxygen atoms in total. The van der Waals surface area contributed by atoms with E-state index in [0.717, 1.165) is 33.3 Å². The Labute approximate surface area is 303 Å². The fourth-order valence-corrected chi connectivity index (χ4v) is 9.62. The summed E-state index contributed by atoms with van der Waals surface area (Å²) in [6.45, 7) is 0. The molecule has 0 fully saturated rings. The van der Waals surface area contributed by atoms with E-state index in [4.69, 9.17) is 4.42 Å². The average Bonchev–Trinajstić information content (AvgIpc) is 3.95. The van der Waals surface area contributed by atoms with Gasteiger partial charge >= 0.3 is 0 Å². The van der Waals surface area contributed by atoms with E-state index >= 15 is 0 Å². The molecule has 12 aromatic rings. The summed E-state index contributed by atoms with van der Waals surface area (Å²) in [7, 11) is 0. The maximum atomic E-state index is 6.50. The first-order chi connectivity index (χ1) is 26.3. The summed E-state index contributed by atoms with van der Waals surface area (Å²) in [6, 6.07) is 62.3. The summed E-state index contributed by atoms with van der Waals surface area (Å²) < 4.78 is 11.5. The van der Waals surface area contributed by atoms with Crippen molar-refractivity contribution < 1.29 is 4.42 Å². The third-order valence-corrected chi connectivity index (χ3v) is 11.8. The number of para-hydroxylation sites is 2. The first-order valence-corrected chi connectivity index (χ1v) is 18.3. The molecule has 0 bridgehead atoms. The van der Waals surface area contributed by atoms with Crippen molar-refractivity contribution >= 4 is 87.1 Å². The van der Waals surface area contributed by atoms with Gasteiger partial charge in [-0.15, -0.1) is 0 Å². The largest absolute Gasteiger partial charge is 0.456 e. The van der Waals surface area contributed by atoms with E-state index in [2.05, 4.69) is 179 Å². The van der Waals surface area contributed by atoms with Crippen molar-refractivity contribution in [2.75, 3.05) is 0 Å². The van der Waals surface area contributed by atoms with Gasteiger partial charge in [0.2, 0.25) is 0 Å². The van der Waals surface area contributed by atoms with Gasteiger partial charge in [0.05, 0.1) is 27.5 Å². The molecule has 9 aromatic carbocycles. The third-order valence-electron chi connectivity index (χ3n) is 11.8. The lowest BCUT2D eigenvalue weighted by atomic mass is 10.0. The van der Waals surface area contributed by atoms with Crippen LogP contribution in [-0.4, -0.2) is 9.13 Å². The van der Waals surface area contributed by atoms with Crippen molar-refractivity contribution in [1.82, 2.24) is 9.13 Å². The lowest BCUT2D eigenvalue weighted by Crippen LogP contribution is -1.96. The van der Waals surface area contributed by atoms with Crippen LogP contribution in [0.25, 0.3) is 121 Å². The van der Waals surface area contributed by atoms with E-state index in [1.807, 2.05) is 0 Å². The molecule has 3 heteroatoms. The smallest absolute Gasteiger partial charge is 0.137 e. The Morgan fingerprint density at radius 1 is 0.321 bits per heavy atom. The minimum Gasteiger partial charge on any atom is -0.456 e. The zero-order valence-electron chi connectivity index (χ0n) is 28.5. The SMILES string of the molecule is c1ccc2cc(-n3c4c(ccc5oc6ccccc6c54)c4ccc5c(c6ccccc6n5-c5ccc6c(c5)-c5cccc7cccc-6c57)c43)ccc2c1. The number of fused-ring (bicyclic) bond motifs is 15. The predicted molar refractivity (Wildman–Crippen MR) is 222 cm³/mol. The van der Waals surface area contributed by atoms with Crippen LogP contribution in [0.15, 0.2) is 174 Å². The van der Waals surface area contributed by atoms with Gasteiger partial charge in [0.25, 0.3) is 0 Å². The van der Waals surface area contributed by atoms with Crippen molar-refractivity contribution in [1.29, 1.82) is 0 Å². The first-order valence-electron chi connectivity index (χ1n) is 18.3. The monoisotopic (exact) mass is 672 g/mol. The number of benzene rings is 9.